The molecule has 0 radical (unpaired) electrons. The molecule has 9 nitrogen and oxygen atoms in total. The zero-order valence-electron chi connectivity index (χ0n) is 17.8. The fraction of sp³-hybridized carbons (Fsp3) is 0.261. The molecule has 0 amide bonds. The summed E-state index contributed by atoms with van der Waals surface area (Å²) in [6.45, 7) is 1.95. The fourth-order valence-corrected chi connectivity index (χ4v) is 4.11. The fourth-order valence-electron chi connectivity index (χ4n) is 4.11. The van der Waals surface area contributed by atoms with Crippen LogP contribution in [0.1, 0.15) is 43.1 Å². The number of nitrogens with zero attached hydrogens (tertiary/aromatic N) is 6. The maximum Gasteiger partial charge on any atom is 0.259 e. The summed E-state index contributed by atoms with van der Waals surface area (Å²) in [5.74, 6) is 0.435. The number of hydrogen-bond acceptors (Lipinski definition) is 7. The molecule has 160 valence electrons. The van der Waals surface area contributed by atoms with E-state index >= 15 is 0 Å². The molecule has 0 spiro atoms. The van der Waals surface area contributed by atoms with Gasteiger partial charge in [-0.3, -0.25) is 9.48 Å². The molecular weight excluding hydrogens is 404 g/mol. The van der Waals surface area contributed by atoms with Crippen LogP contribution in [0, 0.1) is 11.3 Å². The van der Waals surface area contributed by atoms with Crippen molar-refractivity contribution in [3.05, 3.63) is 64.5 Å². The van der Waals surface area contributed by atoms with E-state index in [2.05, 4.69) is 26.5 Å². The first kappa shape index (κ1) is 19.8. The quantitative estimate of drug-likeness (QED) is 0.502. The molecule has 3 heterocycles. The van der Waals surface area contributed by atoms with Gasteiger partial charge in [0.25, 0.3) is 5.56 Å². The van der Waals surface area contributed by atoms with Crippen LogP contribution < -0.4 is 16.6 Å². The normalized spacial score (nSPS) is 14.3. The van der Waals surface area contributed by atoms with Crippen molar-refractivity contribution >= 4 is 22.5 Å². The van der Waals surface area contributed by atoms with E-state index < -0.39 is 0 Å². The van der Waals surface area contributed by atoms with Gasteiger partial charge in [-0.25, -0.2) is 4.98 Å². The van der Waals surface area contributed by atoms with Crippen LogP contribution in [0.5, 0.6) is 0 Å². The van der Waals surface area contributed by atoms with Gasteiger partial charge in [0, 0.05) is 30.5 Å². The number of pyridine rings is 1. The predicted molar refractivity (Wildman–Crippen MR) is 122 cm³/mol. The standard InChI is InChI=1S/C23H22N8O/c1-13(28-21-15(9-24)10-26-23(25)29-21)19-8-14-4-3-5-18(16-11-27-30(2)12-16)20(14)22(32)31(19)17-6-7-17/h3-5,8,10-13,17H,6-7H2,1-2H3,(H3,25,26,28,29). The van der Waals surface area contributed by atoms with Crippen LogP contribution in [0.2, 0.25) is 0 Å². The minimum Gasteiger partial charge on any atom is -0.368 e. The second kappa shape index (κ2) is 7.50. The molecule has 1 aliphatic rings. The number of nitrogens with two attached hydrogens (primary N) is 1. The zero-order chi connectivity index (χ0) is 22.4. The maximum atomic E-state index is 13.8. The number of aryl methyl sites for hydroxylation is 1. The number of nitriles is 1. The summed E-state index contributed by atoms with van der Waals surface area (Å²) < 4.78 is 3.62. The molecule has 5 rings (SSSR count). The molecule has 0 aliphatic heterocycles. The Bertz CT molecular complexity index is 1440. The van der Waals surface area contributed by atoms with Crippen molar-refractivity contribution in [3.63, 3.8) is 0 Å². The number of nitrogens with one attached hydrogen (secondary N) is 1. The monoisotopic (exact) mass is 426 g/mol. The maximum absolute atomic E-state index is 13.8. The van der Waals surface area contributed by atoms with Crippen molar-refractivity contribution in [1.29, 1.82) is 5.26 Å². The lowest BCUT2D eigenvalue weighted by molar-refractivity contribution is 0.636. The first-order valence-corrected chi connectivity index (χ1v) is 10.4. The van der Waals surface area contributed by atoms with Gasteiger partial charge in [0.05, 0.1) is 23.8 Å². The smallest absolute Gasteiger partial charge is 0.259 e. The molecule has 0 saturated heterocycles. The number of rotatable bonds is 5. The van der Waals surface area contributed by atoms with E-state index in [1.807, 2.05) is 49.0 Å². The van der Waals surface area contributed by atoms with E-state index in [0.717, 1.165) is 35.0 Å². The van der Waals surface area contributed by atoms with Crippen LogP contribution in [0.4, 0.5) is 11.8 Å². The number of anilines is 2. The largest absolute Gasteiger partial charge is 0.368 e. The average molecular weight is 426 g/mol. The molecule has 1 atom stereocenters. The summed E-state index contributed by atoms with van der Waals surface area (Å²) in [4.78, 5) is 21.8. The lowest BCUT2D eigenvalue weighted by atomic mass is 10.00. The summed E-state index contributed by atoms with van der Waals surface area (Å²) in [7, 11) is 1.86. The Morgan fingerprint density at radius 1 is 1.31 bits per heavy atom. The number of fused-ring (bicyclic) bond motifs is 1. The molecule has 1 unspecified atom stereocenters. The Morgan fingerprint density at radius 2 is 2.12 bits per heavy atom. The van der Waals surface area contributed by atoms with Gasteiger partial charge in [-0.05, 0) is 36.8 Å². The van der Waals surface area contributed by atoms with Crippen LogP contribution in [-0.2, 0) is 7.05 Å². The number of hydrogen-bond donors (Lipinski definition) is 2. The van der Waals surface area contributed by atoms with Crippen LogP contribution in [0.3, 0.4) is 0 Å². The third kappa shape index (κ3) is 3.36. The minimum atomic E-state index is -0.281. The topological polar surface area (TPSA) is 127 Å². The van der Waals surface area contributed by atoms with Gasteiger partial charge >= 0.3 is 0 Å². The van der Waals surface area contributed by atoms with Gasteiger partial charge in [-0.2, -0.15) is 15.3 Å². The summed E-state index contributed by atoms with van der Waals surface area (Å²) in [6, 6.07) is 9.87. The molecule has 3 N–H and O–H groups in total. The minimum absolute atomic E-state index is 0.0178. The highest BCUT2D eigenvalue weighted by Gasteiger charge is 2.30. The lowest BCUT2D eigenvalue weighted by Crippen LogP contribution is -2.26. The second-order valence-electron chi connectivity index (χ2n) is 8.12. The van der Waals surface area contributed by atoms with Crippen molar-refractivity contribution in [2.75, 3.05) is 11.1 Å². The zero-order valence-corrected chi connectivity index (χ0v) is 17.8. The SMILES string of the molecule is CC(Nc1nc(N)ncc1C#N)c1cc2cccc(-c3cnn(C)c3)c2c(=O)n1C1CC1. The molecule has 1 aliphatic carbocycles. The molecule has 3 aromatic heterocycles. The van der Waals surface area contributed by atoms with E-state index in [1.165, 1.54) is 6.20 Å². The highest BCUT2D eigenvalue weighted by Crippen LogP contribution is 2.38. The lowest BCUT2D eigenvalue weighted by Gasteiger charge is -2.22. The highest BCUT2D eigenvalue weighted by molar-refractivity contribution is 5.96. The third-order valence-electron chi connectivity index (χ3n) is 5.76. The van der Waals surface area contributed by atoms with Gasteiger partial charge in [0.15, 0.2) is 0 Å². The van der Waals surface area contributed by atoms with Crippen LogP contribution >= 0.6 is 0 Å². The van der Waals surface area contributed by atoms with E-state index in [1.54, 1.807) is 10.9 Å². The molecule has 9 heteroatoms. The summed E-state index contributed by atoms with van der Waals surface area (Å²) >= 11 is 0. The molecular formula is C23H22N8O. The van der Waals surface area contributed by atoms with Crippen LogP contribution in [-0.4, -0.2) is 24.3 Å². The Morgan fingerprint density at radius 3 is 2.81 bits per heavy atom. The number of aromatic nitrogens is 5. The molecule has 1 fully saturated rings. The van der Waals surface area contributed by atoms with Crippen LogP contribution in [0.25, 0.3) is 21.9 Å². The second-order valence-corrected chi connectivity index (χ2v) is 8.12. The van der Waals surface area contributed by atoms with Gasteiger partial charge in [-0.15, -0.1) is 0 Å². The summed E-state index contributed by atoms with van der Waals surface area (Å²) in [6.07, 6.45) is 7.01. The Hall–Kier alpha value is -4.19. The van der Waals surface area contributed by atoms with Gasteiger partial charge in [-0.1, -0.05) is 18.2 Å². The van der Waals surface area contributed by atoms with Crippen molar-refractivity contribution in [2.24, 2.45) is 7.05 Å². The molecule has 1 saturated carbocycles. The molecule has 32 heavy (non-hydrogen) atoms. The van der Waals surface area contributed by atoms with Gasteiger partial charge in [0.2, 0.25) is 5.95 Å². The van der Waals surface area contributed by atoms with E-state index in [-0.39, 0.29) is 23.6 Å². The third-order valence-corrected chi connectivity index (χ3v) is 5.76. The Kier molecular flexibility index (Phi) is 4.63. The van der Waals surface area contributed by atoms with Crippen molar-refractivity contribution < 1.29 is 0 Å². The predicted octanol–water partition coefficient (Wildman–Crippen LogP) is 3.15. The molecule has 0 bridgehead atoms. The van der Waals surface area contributed by atoms with Crippen molar-refractivity contribution in [1.82, 2.24) is 24.3 Å². The number of benzene rings is 1. The van der Waals surface area contributed by atoms with Gasteiger partial charge < -0.3 is 15.6 Å². The molecule has 1 aromatic carbocycles. The van der Waals surface area contributed by atoms with Crippen molar-refractivity contribution in [2.45, 2.75) is 31.8 Å². The first-order chi connectivity index (χ1) is 15.5. The summed E-state index contributed by atoms with van der Waals surface area (Å²) in [5, 5.41) is 18.5. The average Bonchev–Trinajstić information content (AvgIpc) is 3.52. The molecule has 4 aromatic rings. The number of nitrogen functional groups attached to an aromatic ring is 1. The van der Waals surface area contributed by atoms with E-state index in [0.29, 0.717) is 16.8 Å². The van der Waals surface area contributed by atoms with Gasteiger partial charge in [0.1, 0.15) is 17.5 Å². The van der Waals surface area contributed by atoms with E-state index in [4.69, 9.17) is 5.73 Å². The van der Waals surface area contributed by atoms with E-state index in [9.17, 15) is 10.1 Å². The first-order valence-electron chi connectivity index (χ1n) is 10.4. The van der Waals surface area contributed by atoms with Crippen molar-refractivity contribution in [3.8, 4) is 17.2 Å². The summed E-state index contributed by atoms with van der Waals surface area (Å²) in [5.41, 5.74) is 8.63. The van der Waals surface area contributed by atoms with Crippen LogP contribution in [0.15, 0.2) is 47.7 Å². The Balaban J connectivity index is 1.66. The highest BCUT2D eigenvalue weighted by atomic mass is 16.1. The Labute approximate surface area is 184 Å².